The zero-order valence-corrected chi connectivity index (χ0v) is 13.4. The minimum Gasteiger partial charge on any atom is -0.380 e. The summed E-state index contributed by atoms with van der Waals surface area (Å²) in [5.74, 6) is 0.417. The molecule has 0 radical (unpaired) electrons. The number of ether oxygens (including phenoxy) is 1. The van der Waals surface area contributed by atoms with Gasteiger partial charge in [-0.1, -0.05) is 50.2 Å². The molecule has 1 N–H and O–H groups in total. The zero-order valence-electron chi connectivity index (χ0n) is 13.4. The Hall–Kier alpha value is -2.13. The maximum atomic E-state index is 12.2. The van der Waals surface area contributed by atoms with E-state index in [4.69, 9.17) is 4.74 Å². The molecule has 0 atom stereocenters. The van der Waals surface area contributed by atoms with E-state index in [1.807, 2.05) is 48.5 Å². The summed E-state index contributed by atoms with van der Waals surface area (Å²) >= 11 is 0. The summed E-state index contributed by atoms with van der Waals surface area (Å²) < 4.78 is 5.18. The Balaban J connectivity index is 2.01. The van der Waals surface area contributed by atoms with Crippen molar-refractivity contribution in [2.24, 2.45) is 0 Å². The monoisotopic (exact) mass is 297 g/mol. The van der Waals surface area contributed by atoms with Gasteiger partial charge in [-0.2, -0.15) is 0 Å². The van der Waals surface area contributed by atoms with Crippen molar-refractivity contribution in [2.75, 3.05) is 7.11 Å². The normalized spacial score (nSPS) is 10.7. The van der Waals surface area contributed by atoms with Crippen LogP contribution in [0.3, 0.4) is 0 Å². The number of carbonyl (C=O) groups excluding carboxylic acids is 1. The zero-order chi connectivity index (χ0) is 15.9. The number of amides is 1. The van der Waals surface area contributed by atoms with Gasteiger partial charge >= 0.3 is 0 Å². The molecule has 116 valence electrons. The van der Waals surface area contributed by atoms with Crippen LogP contribution >= 0.6 is 0 Å². The molecule has 0 fully saturated rings. The number of hydrogen-bond acceptors (Lipinski definition) is 2. The van der Waals surface area contributed by atoms with E-state index in [2.05, 4.69) is 19.2 Å². The van der Waals surface area contributed by atoms with E-state index >= 15 is 0 Å². The smallest absolute Gasteiger partial charge is 0.251 e. The van der Waals surface area contributed by atoms with Gasteiger partial charge in [0.25, 0.3) is 5.91 Å². The summed E-state index contributed by atoms with van der Waals surface area (Å²) in [6.07, 6.45) is 0. The van der Waals surface area contributed by atoms with E-state index in [9.17, 15) is 4.79 Å². The first kappa shape index (κ1) is 16.2. The lowest BCUT2D eigenvalue weighted by Crippen LogP contribution is -2.23. The van der Waals surface area contributed by atoms with E-state index < -0.39 is 0 Å². The molecule has 0 heterocycles. The SMILES string of the molecule is COCc1ccccc1CNC(=O)c1ccc(C(C)C)cc1. The first-order valence-corrected chi connectivity index (χ1v) is 7.55. The molecule has 0 aromatic heterocycles. The van der Waals surface area contributed by atoms with Crippen LogP contribution in [0, 0.1) is 0 Å². The lowest BCUT2D eigenvalue weighted by molar-refractivity contribution is 0.0950. The van der Waals surface area contributed by atoms with E-state index in [1.165, 1.54) is 5.56 Å². The molecule has 0 aliphatic heterocycles. The minimum atomic E-state index is -0.0532. The molecule has 3 nitrogen and oxygen atoms in total. The van der Waals surface area contributed by atoms with Crippen LogP contribution in [0.15, 0.2) is 48.5 Å². The number of nitrogens with one attached hydrogen (secondary N) is 1. The van der Waals surface area contributed by atoms with Crippen LogP contribution in [0.2, 0.25) is 0 Å². The van der Waals surface area contributed by atoms with Gasteiger partial charge in [0, 0.05) is 19.2 Å². The van der Waals surface area contributed by atoms with Gasteiger partial charge in [0.2, 0.25) is 0 Å². The van der Waals surface area contributed by atoms with Gasteiger partial charge in [-0.05, 0) is 34.7 Å². The second-order valence-electron chi connectivity index (χ2n) is 5.66. The van der Waals surface area contributed by atoms with Crippen LogP contribution in [-0.4, -0.2) is 13.0 Å². The van der Waals surface area contributed by atoms with Gasteiger partial charge in [-0.15, -0.1) is 0 Å². The molecular formula is C19H23NO2. The van der Waals surface area contributed by atoms with E-state index in [-0.39, 0.29) is 5.91 Å². The fraction of sp³-hybridized carbons (Fsp3) is 0.316. The molecule has 0 saturated carbocycles. The topological polar surface area (TPSA) is 38.3 Å². The van der Waals surface area contributed by atoms with Crippen LogP contribution in [0.1, 0.15) is 46.8 Å². The lowest BCUT2D eigenvalue weighted by atomic mass is 10.0. The first-order valence-electron chi connectivity index (χ1n) is 7.55. The number of hydrogen-bond donors (Lipinski definition) is 1. The van der Waals surface area contributed by atoms with Crippen molar-refractivity contribution in [2.45, 2.75) is 32.9 Å². The van der Waals surface area contributed by atoms with Gasteiger partial charge in [-0.3, -0.25) is 4.79 Å². The highest BCUT2D eigenvalue weighted by Gasteiger charge is 2.08. The van der Waals surface area contributed by atoms with Crippen LogP contribution in [0.4, 0.5) is 0 Å². The molecule has 22 heavy (non-hydrogen) atoms. The molecule has 2 aromatic rings. The van der Waals surface area contributed by atoms with Crippen LogP contribution in [-0.2, 0) is 17.9 Å². The second kappa shape index (κ2) is 7.76. The Morgan fingerprint density at radius 2 is 1.68 bits per heavy atom. The van der Waals surface area contributed by atoms with Crippen molar-refractivity contribution in [3.05, 3.63) is 70.8 Å². The average Bonchev–Trinajstić information content (AvgIpc) is 2.54. The molecule has 0 bridgehead atoms. The second-order valence-corrected chi connectivity index (χ2v) is 5.66. The lowest BCUT2D eigenvalue weighted by Gasteiger charge is -2.11. The molecule has 2 aromatic carbocycles. The standard InChI is InChI=1S/C19H23NO2/c1-14(2)15-8-10-16(11-9-15)19(21)20-12-17-6-4-5-7-18(17)13-22-3/h4-11,14H,12-13H2,1-3H3,(H,20,21). The van der Waals surface area contributed by atoms with E-state index in [0.717, 1.165) is 11.1 Å². The third-order valence-corrected chi connectivity index (χ3v) is 3.70. The van der Waals surface area contributed by atoms with Crippen molar-refractivity contribution >= 4 is 5.91 Å². The number of benzene rings is 2. The summed E-state index contributed by atoms with van der Waals surface area (Å²) in [5, 5.41) is 2.97. The van der Waals surface area contributed by atoms with E-state index in [0.29, 0.717) is 24.6 Å². The molecule has 0 spiro atoms. The maximum absolute atomic E-state index is 12.2. The van der Waals surface area contributed by atoms with Crippen molar-refractivity contribution < 1.29 is 9.53 Å². The third-order valence-electron chi connectivity index (χ3n) is 3.70. The Bertz CT molecular complexity index is 618. The minimum absolute atomic E-state index is 0.0532. The summed E-state index contributed by atoms with van der Waals surface area (Å²) in [6.45, 7) is 5.34. The first-order chi connectivity index (χ1) is 10.6. The number of rotatable bonds is 6. The molecule has 0 saturated heterocycles. The molecule has 2 rings (SSSR count). The number of carbonyl (C=O) groups is 1. The fourth-order valence-corrected chi connectivity index (χ4v) is 2.32. The molecule has 3 heteroatoms. The van der Waals surface area contributed by atoms with Crippen molar-refractivity contribution in [3.63, 3.8) is 0 Å². The largest absolute Gasteiger partial charge is 0.380 e. The third kappa shape index (κ3) is 4.18. The molecule has 0 aliphatic rings. The average molecular weight is 297 g/mol. The highest BCUT2D eigenvalue weighted by Crippen LogP contribution is 2.15. The van der Waals surface area contributed by atoms with Crippen LogP contribution < -0.4 is 5.32 Å². The van der Waals surface area contributed by atoms with Gasteiger partial charge in [0.05, 0.1) is 6.61 Å². The Labute approximate surface area is 132 Å². The number of methoxy groups -OCH3 is 1. The fourth-order valence-electron chi connectivity index (χ4n) is 2.32. The van der Waals surface area contributed by atoms with Gasteiger partial charge in [-0.25, -0.2) is 0 Å². The van der Waals surface area contributed by atoms with E-state index in [1.54, 1.807) is 7.11 Å². The summed E-state index contributed by atoms with van der Waals surface area (Å²) in [4.78, 5) is 12.2. The summed E-state index contributed by atoms with van der Waals surface area (Å²) in [7, 11) is 1.67. The molecule has 0 aliphatic carbocycles. The molecular weight excluding hydrogens is 274 g/mol. The Kier molecular flexibility index (Phi) is 5.73. The predicted octanol–water partition coefficient (Wildman–Crippen LogP) is 3.89. The van der Waals surface area contributed by atoms with Crippen LogP contribution in [0.5, 0.6) is 0 Å². The quantitative estimate of drug-likeness (QED) is 0.878. The van der Waals surface area contributed by atoms with Crippen molar-refractivity contribution in [1.82, 2.24) is 5.32 Å². The maximum Gasteiger partial charge on any atom is 0.251 e. The van der Waals surface area contributed by atoms with Gasteiger partial charge < -0.3 is 10.1 Å². The van der Waals surface area contributed by atoms with Gasteiger partial charge in [0.15, 0.2) is 0 Å². The van der Waals surface area contributed by atoms with Crippen LogP contribution in [0.25, 0.3) is 0 Å². The summed E-state index contributed by atoms with van der Waals surface area (Å²) in [5.41, 5.74) is 4.10. The Morgan fingerprint density at radius 1 is 1.05 bits per heavy atom. The summed E-state index contributed by atoms with van der Waals surface area (Å²) in [6, 6.07) is 15.8. The van der Waals surface area contributed by atoms with Crippen molar-refractivity contribution in [3.8, 4) is 0 Å². The van der Waals surface area contributed by atoms with Gasteiger partial charge in [0.1, 0.15) is 0 Å². The highest BCUT2D eigenvalue weighted by molar-refractivity contribution is 5.94. The molecule has 1 amide bonds. The Morgan fingerprint density at radius 3 is 2.27 bits per heavy atom. The van der Waals surface area contributed by atoms with Crippen molar-refractivity contribution in [1.29, 1.82) is 0 Å². The molecule has 0 unspecified atom stereocenters. The highest BCUT2D eigenvalue weighted by atomic mass is 16.5. The predicted molar refractivity (Wildman–Crippen MR) is 88.9 cm³/mol.